The molecule has 28 heavy (non-hydrogen) atoms. The summed E-state index contributed by atoms with van der Waals surface area (Å²) >= 11 is 6.38. The Kier molecular flexibility index (Phi) is 6.74. The summed E-state index contributed by atoms with van der Waals surface area (Å²) in [5.41, 5.74) is 2.14. The summed E-state index contributed by atoms with van der Waals surface area (Å²) < 4.78 is 25.0. The molecule has 0 N–H and O–H groups in total. The van der Waals surface area contributed by atoms with Crippen molar-refractivity contribution in [2.75, 3.05) is 0 Å². The molecule has 0 unspecified atom stereocenters. The first kappa shape index (κ1) is 20.4. The van der Waals surface area contributed by atoms with Crippen LogP contribution in [0.25, 0.3) is 11.0 Å². The fraction of sp³-hybridized carbons (Fsp3) is 0.348. The summed E-state index contributed by atoms with van der Waals surface area (Å²) in [5, 5.41) is 1.20. The molecule has 0 aliphatic heterocycles. The van der Waals surface area contributed by atoms with Gasteiger partial charge in [0.15, 0.2) is 0 Å². The van der Waals surface area contributed by atoms with E-state index in [4.69, 9.17) is 20.8 Å². The van der Waals surface area contributed by atoms with Crippen LogP contribution in [0, 0.1) is 12.7 Å². The molecule has 0 fully saturated rings. The van der Waals surface area contributed by atoms with Gasteiger partial charge in [0.2, 0.25) is 0 Å². The van der Waals surface area contributed by atoms with Gasteiger partial charge in [0, 0.05) is 22.6 Å². The van der Waals surface area contributed by atoms with E-state index in [0.29, 0.717) is 33.9 Å². The van der Waals surface area contributed by atoms with Gasteiger partial charge in [-0.25, -0.2) is 9.18 Å². The van der Waals surface area contributed by atoms with Crippen LogP contribution in [0.1, 0.15) is 49.3 Å². The molecule has 2 aromatic carbocycles. The maximum Gasteiger partial charge on any atom is 0.339 e. The second-order valence-corrected chi connectivity index (χ2v) is 7.37. The van der Waals surface area contributed by atoms with Gasteiger partial charge >= 0.3 is 5.63 Å². The van der Waals surface area contributed by atoms with E-state index in [9.17, 15) is 9.18 Å². The molecule has 0 aliphatic rings. The Balaban J connectivity index is 1.86. The largest absolute Gasteiger partial charge is 0.487 e. The van der Waals surface area contributed by atoms with Crippen LogP contribution < -0.4 is 10.4 Å². The molecule has 0 amide bonds. The van der Waals surface area contributed by atoms with Crippen molar-refractivity contribution in [3.05, 3.63) is 74.3 Å². The van der Waals surface area contributed by atoms with Crippen LogP contribution in [0.5, 0.6) is 5.75 Å². The molecule has 0 radical (unpaired) electrons. The van der Waals surface area contributed by atoms with Gasteiger partial charge in [0.25, 0.3) is 0 Å². The highest BCUT2D eigenvalue weighted by atomic mass is 35.5. The molecule has 3 nitrogen and oxygen atoms in total. The van der Waals surface area contributed by atoms with Gasteiger partial charge in [-0.1, -0.05) is 56.0 Å². The minimum atomic E-state index is -0.338. The van der Waals surface area contributed by atoms with E-state index in [2.05, 4.69) is 6.92 Å². The topological polar surface area (TPSA) is 39.4 Å². The summed E-state index contributed by atoms with van der Waals surface area (Å²) in [6, 6.07) is 9.76. The molecule has 3 aromatic rings. The Labute approximate surface area is 169 Å². The molecular weight excluding hydrogens is 379 g/mol. The zero-order valence-corrected chi connectivity index (χ0v) is 16.9. The molecular formula is C23H24ClFO3. The Morgan fingerprint density at radius 2 is 1.93 bits per heavy atom. The van der Waals surface area contributed by atoms with Crippen LogP contribution >= 0.6 is 11.6 Å². The lowest BCUT2D eigenvalue weighted by Gasteiger charge is -2.12. The van der Waals surface area contributed by atoms with E-state index >= 15 is 0 Å². The standard InChI is InChI=1S/C23H24ClFO3/c1-3-4-5-6-10-17-15(2)18-12-19(24)22(13-21(18)28-23(17)26)27-14-16-9-7-8-11-20(16)25/h7-9,11-13H,3-6,10,14H2,1-2H3. The lowest BCUT2D eigenvalue weighted by atomic mass is 10.0. The average molecular weight is 403 g/mol. The number of unbranched alkanes of at least 4 members (excludes halogenated alkanes) is 3. The number of aryl methyl sites for hydroxylation is 1. The highest BCUT2D eigenvalue weighted by Crippen LogP contribution is 2.32. The van der Waals surface area contributed by atoms with Crippen molar-refractivity contribution in [3.63, 3.8) is 0 Å². The summed E-state index contributed by atoms with van der Waals surface area (Å²) in [6.07, 6.45) is 5.07. The Morgan fingerprint density at radius 3 is 2.68 bits per heavy atom. The maximum atomic E-state index is 13.8. The average Bonchev–Trinajstić information content (AvgIpc) is 2.67. The van der Waals surface area contributed by atoms with E-state index in [0.717, 1.165) is 36.6 Å². The highest BCUT2D eigenvalue weighted by Gasteiger charge is 2.15. The van der Waals surface area contributed by atoms with Crippen molar-refractivity contribution in [1.29, 1.82) is 0 Å². The minimum Gasteiger partial charge on any atom is -0.487 e. The first-order chi connectivity index (χ1) is 13.5. The van der Waals surface area contributed by atoms with Crippen molar-refractivity contribution < 1.29 is 13.5 Å². The van der Waals surface area contributed by atoms with E-state index in [1.54, 1.807) is 30.3 Å². The number of benzene rings is 2. The van der Waals surface area contributed by atoms with Crippen LogP contribution in [0.15, 0.2) is 45.6 Å². The van der Waals surface area contributed by atoms with Crippen LogP contribution in [0.3, 0.4) is 0 Å². The summed E-state index contributed by atoms with van der Waals surface area (Å²) in [6.45, 7) is 4.12. The first-order valence-corrected chi connectivity index (χ1v) is 10.0. The highest BCUT2D eigenvalue weighted by molar-refractivity contribution is 6.32. The number of halogens is 2. The fourth-order valence-corrected chi connectivity index (χ4v) is 3.51. The first-order valence-electron chi connectivity index (χ1n) is 9.63. The van der Waals surface area contributed by atoms with Crippen molar-refractivity contribution >= 4 is 22.6 Å². The van der Waals surface area contributed by atoms with E-state index in [1.807, 2.05) is 6.92 Å². The Morgan fingerprint density at radius 1 is 1.14 bits per heavy atom. The third kappa shape index (κ3) is 4.56. The summed E-state index contributed by atoms with van der Waals surface area (Å²) in [7, 11) is 0. The summed E-state index contributed by atoms with van der Waals surface area (Å²) in [5.74, 6) is 0.0187. The normalized spacial score (nSPS) is 11.1. The van der Waals surface area contributed by atoms with Crippen LogP contribution in [0.4, 0.5) is 4.39 Å². The second kappa shape index (κ2) is 9.24. The van der Waals surface area contributed by atoms with Gasteiger partial charge < -0.3 is 9.15 Å². The second-order valence-electron chi connectivity index (χ2n) is 6.96. The smallest absolute Gasteiger partial charge is 0.339 e. The molecule has 3 rings (SSSR count). The maximum absolute atomic E-state index is 13.8. The number of ether oxygens (including phenoxy) is 1. The van der Waals surface area contributed by atoms with Crippen molar-refractivity contribution in [2.24, 2.45) is 0 Å². The number of fused-ring (bicyclic) bond motifs is 1. The predicted molar refractivity (Wildman–Crippen MR) is 111 cm³/mol. The van der Waals surface area contributed by atoms with Gasteiger partial charge in [-0.2, -0.15) is 0 Å². The van der Waals surface area contributed by atoms with Crippen molar-refractivity contribution in [3.8, 4) is 5.75 Å². The summed E-state index contributed by atoms with van der Waals surface area (Å²) in [4.78, 5) is 12.4. The molecule has 1 heterocycles. The zero-order chi connectivity index (χ0) is 20.1. The van der Waals surface area contributed by atoms with Crippen LogP contribution in [0.2, 0.25) is 5.02 Å². The van der Waals surface area contributed by atoms with Crippen LogP contribution in [-0.2, 0) is 13.0 Å². The van der Waals surface area contributed by atoms with Gasteiger partial charge in [-0.15, -0.1) is 0 Å². The molecule has 0 atom stereocenters. The van der Waals surface area contributed by atoms with Gasteiger partial charge in [-0.05, 0) is 37.5 Å². The monoisotopic (exact) mass is 402 g/mol. The number of hydrogen-bond donors (Lipinski definition) is 0. The SMILES string of the molecule is CCCCCCc1c(C)c2cc(Cl)c(OCc3ccccc3F)cc2oc1=O. The van der Waals surface area contributed by atoms with E-state index < -0.39 is 0 Å². The Bertz CT molecular complexity index is 1030. The third-order valence-electron chi connectivity index (χ3n) is 4.96. The molecule has 0 aliphatic carbocycles. The number of hydrogen-bond acceptors (Lipinski definition) is 3. The van der Waals surface area contributed by atoms with Gasteiger partial charge in [0.1, 0.15) is 23.8 Å². The molecule has 0 saturated heterocycles. The minimum absolute atomic E-state index is 0.0383. The van der Waals surface area contributed by atoms with Crippen LogP contribution in [-0.4, -0.2) is 0 Å². The van der Waals surface area contributed by atoms with Crippen molar-refractivity contribution in [1.82, 2.24) is 0 Å². The van der Waals surface area contributed by atoms with E-state index in [1.165, 1.54) is 6.07 Å². The fourth-order valence-electron chi connectivity index (χ4n) is 3.29. The lowest BCUT2D eigenvalue weighted by molar-refractivity contribution is 0.300. The molecule has 1 aromatic heterocycles. The lowest BCUT2D eigenvalue weighted by Crippen LogP contribution is -2.10. The van der Waals surface area contributed by atoms with E-state index in [-0.39, 0.29) is 18.0 Å². The molecule has 148 valence electrons. The molecule has 5 heteroatoms. The van der Waals surface area contributed by atoms with Gasteiger partial charge in [0.05, 0.1) is 5.02 Å². The quantitative estimate of drug-likeness (QED) is 0.315. The molecule has 0 saturated carbocycles. The Hall–Kier alpha value is -2.33. The van der Waals surface area contributed by atoms with Crippen molar-refractivity contribution in [2.45, 2.75) is 52.6 Å². The number of rotatable bonds is 8. The third-order valence-corrected chi connectivity index (χ3v) is 5.26. The zero-order valence-electron chi connectivity index (χ0n) is 16.2. The molecule has 0 spiro atoms. The molecule has 0 bridgehead atoms. The van der Waals surface area contributed by atoms with Gasteiger partial charge in [-0.3, -0.25) is 0 Å². The predicted octanol–water partition coefficient (Wildman–Crippen LogP) is 6.60.